The third-order valence-corrected chi connectivity index (χ3v) is 6.82. The van der Waals surface area contributed by atoms with Crippen LogP contribution in [0.25, 0.3) is 0 Å². The zero-order valence-electron chi connectivity index (χ0n) is 15.3. The first-order chi connectivity index (χ1) is 13.4. The van der Waals surface area contributed by atoms with Gasteiger partial charge in [0.25, 0.3) is 5.91 Å². The van der Waals surface area contributed by atoms with E-state index in [9.17, 15) is 26.4 Å². The summed E-state index contributed by atoms with van der Waals surface area (Å²) in [5, 5.41) is 1.90. The molecule has 0 heterocycles. The van der Waals surface area contributed by atoms with Crippen molar-refractivity contribution in [2.75, 3.05) is 18.4 Å². The van der Waals surface area contributed by atoms with E-state index in [2.05, 4.69) is 5.32 Å². The van der Waals surface area contributed by atoms with Gasteiger partial charge in [0.2, 0.25) is 10.0 Å². The first kappa shape index (κ1) is 23.5. The lowest BCUT2D eigenvalue weighted by Gasteiger charge is -2.20. The van der Waals surface area contributed by atoms with Crippen molar-refractivity contribution in [1.29, 1.82) is 0 Å². The molecule has 2 aromatic rings. The first-order valence-electron chi connectivity index (χ1n) is 8.39. The maximum atomic E-state index is 13.2. The molecule has 0 aliphatic heterocycles. The van der Waals surface area contributed by atoms with Gasteiger partial charge in [-0.25, -0.2) is 8.42 Å². The van der Waals surface area contributed by atoms with Crippen LogP contribution in [-0.2, 0) is 16.2 Å². The minimum atomic E-state index is -4.75. The second kappa shape index (κ2) is 8.91. The van der Waals surface area contributed by atoms with Crippen molar-refractivity contribution in [3.63, 3.8) is 0 Å². The SMILES string of the molecule is CCN(CC)S(=O)(=O)c1cc(C(=O)Nc2ccc(Cl)cc2C(F)(F)F)ccc1Cl. The Hall–Kier alpha value is -1.81. The van der Waals surface area contributed by atoms with Crippen molar-refractivity contribution in [2.45, 2.75) is 24.9 Å². The van der Waals surface area contributed by atoms with Crippen LogP contribution >= 0.6 is 23.2 Å². The number of anilines is 1. The fourth-order valence-corrected chi connectivity index (χ4v) is 4.73. The molecule has 2 rings (SSSR count). The number of hydrogen-bond donors (Lipinski definition) is 1. The minimum absolute atomic E-state index is 0.101. The van der Waals surface area contributed by atoms with Gasteiger partial charge in [-0.15, -0.1) is 0 Å². The second-order valence-corrected chi connectivity index (χ2v) is 8.63. The van der Waals surface area contributed by atoms with Crippen LogP contribution in [0.4, 0.5) is 18.9 Å². The summed E-state index contributed by atoms with van der Waals surface area (Å²) in [6, 6.07) is 6.38. The Kier molecular flexibility index (Phi) is 7.21. The molecule has 1 N–H and O–H groups in total. The van der Waals surface area contributed by atoms with Crippen molar-refractivity contribution in [2.24, 2.45) is 0 Å². The lowest BCUT2D eigenvalue weighted by atomic mass is 10.1. The van der Waals surface area contributed by atoms with E-state index in [1.807, 2.05) is 0 Å². The van der Waals surface area contributed by atoms with Gasteiger partial charge >= 0.3 is 6.18 Å². The predicted molar refractivity (Wildman–Crippen MR) is 106 cm³/mol. The number of carbonyl (C=O) groups is 1. The van der Waals surface area contributed by atoms with Crippen LogP contribution in [0, 0.1) is 0 Å². The van der Waals surface area contributed by atoms with E-state index in [0.717, 1.165) is 16.4 Å². The molecule has 0 fully saturated rings. The molecule has 0 aliphatic rings. The molecule has 0 bridgehead atoms. The van der Waals surface area contributed by atoms with Gasteiger partial charge in [-0.2, -0.15) is 17.5 Å². The predicted octanol–water partition coefficient (Wildman–Crippen LogP) is 5.30. The molecule has 5 nitrogen and oxygen atoms in total. The molecule has 1 amide bonds. The van der Waals surface area contributed by atoms with Gasteiger partial charge in [0.05, 0.1) is 16.3 Å². The summed E-state index contributed by atoms with van der Waals surface area (Å²) in [5.41, 5.74) is -1.79. The number of benzene rings is 2. The van der Waals surface area contributed by atoms with Crippen LogP contribution in [0.2, 0.25) is 10.0 Å². The second-order valence-electron chi connectivity index (χ2n) is 5.88. The highest BCUT2D eigenvalue weighted by atomic mass is 35.5. The van der Waals surface area contributed by atoms with Crippen molar-refractivity contribution >= 4 is 44.8 Å². The van der Waals surface area contributed by atoms with E-state index in [0.29, 0.717) is 6.07 Å². The number of halogens is 5. The molecule has 0 spiro atoms. The van der Waals surface area contributed by atoms with Crippen LogP contribution in [0.15, 0.2) is 41.3 Å². The summed E-state index contributed by atoms with van der Waals surface area (Å²) < 4.78 is 66.2. The molecule has 2 aromatic carbocycles. The number of alkyl halides is 3. The normalized spacial score (nSPS) is 12.3. The average Bonchev–Trinajstić information content (AvgIpc) is 2.63. The number of rotatable bonds is 6. The third-order valence-electron chi connectivity index (χ3n) is 4.05. The van der Waals surface area contributed by atoms with Crippen LogP contribution in [-0.4, -0.2) is 31.7 Å². The minimum Gasteiger partial charge on any atom is -0.321 e. The molecule has 0 saturated heterocycles. The lowest BCUT2D eigenvalue weighted by molar-refractivity contribution is -0.136. The molecule has 0 aliphatic carbocycles. The summed E-state index contributed by atoms with van der Waals surface area (Å²) in [4.78, 5) is 12.2. The van der Waals surface area contributed by atoms with E-state index < -0.39 is 33.4 Å². The number of hydrogen-bond acceptors (Lipinski definition) is 3. The van der Waals surface area contributed by atoms with Gasteiger partial charge in [-0.3, -0.25) is 4.79 Å². The Morgan fingerprint density at radius 1 is 1.07 bits per heavy atom. The first-order valence-corrected chi connectivity index (χ1v) is 10.6. The highest BCUT2D eigenvalue weighted by molar-refractivity contribution is 7.89. The fourth-order valence-electron chi connectivity index (χ4n) is 2.60. The van der Waals surface area contributed by atoms with Gasteiger partial charge in [0, 0.05) is 23.7 Å². The average molecular weight is 469 g/mol. The smallest absolute Gasteiger partial charge is 0.321 e. The fraction of sp³-hybridized carbons (Fsp3) is 0.278. The number of amides is 1. The van der Waals surface area contributed by atoms with Crippen molar-refractivity contribution in [1.82, 2.24) is 4.31 Å². The summed E-state index contributed by atoms with van der Waals surface area (Å²) in [6.07, 6.45) is -4.75. The molecule has 158 valence electrons. The maximum absolute atomic E-state index is 13.2. The Morgan fingerprint density at radius 3 is 2.24 bits per heavy atom. The highest BCUT2D eigenvalue weighted by Crippen LogP contribution is 2.37. The summed E-state index contributed by atoms with van der Waals surface area (Å²) in [6.45, 7) is 3.66. The molecule has 29 heavy (non-hydrogen) atoms. The standard InChI is InChI=1S/C18H17Cl2F3N2O3S/c1-3-25(4-2)29(27,28)16-9-11(5-7-14(16)20)17(26)24-15-8-6-12(19)10-13(15)18(21,22)23/h5-10H,3-4H2,1-2H3,(H,24,26). The number of sulfonamides is 1. The monoisotopic (exact) mass is 468 g/mol. The van der Waals surface area contributed by atoms with Crippen LogP contribution < -0.4 is 5.32 Å². The van der Waals surface area contributed by atoms with E-state index in [4.69, 9.17) is 23.2 Å². The summed E-state index contributed by atoms with van der Waals surface area (Å²) in [5.74, 6) is -0.925. The molecule has 0 aromatic heterocycles. The van der Waals surface area contributed by atoms with Crippen LogP contribution in [0.5, 0.6) is 0 Å². The van der Waals surface area contributed by atoms with Crippen molar-refractivity contribution in [3.8, 4) is 0 Å². The zero-order chi connectivity index (χ0) is 22.0. The molecule has 0 saturated carbocycles. The number of nitrogens with one attached hydrogen (secondary N) is 1. The Balaban J connectivity index is 2.44. The van der Waals surface area contributed by atoms with E-state index in [1.54, 1.807) is 13.8 Å². The van der Waals surface area contributed by atoms with Gasteiger partial charge in [-0.05, 0) is 36.4 Å². The van der Waals surface area contributed by atoms with Gasteiger partial charge in [0.15, 0.2) is 0 Å². The van der Waals surface area contributed by atoms with Crippen molar-refractivity contribution in [3.05, 3.63) is 57.6 Å². The molecule has 0 atom stereocenters. The number of nitrogens with zero attached hydrogens (tertiary/aromatic N) is 1. The highest BCUT2D eigenvalue weighted by Gasteiger charge is 2.34. The van der Waals surface area contributed by atoms with Crippen molar-refractivity contribution < 1.29 is 26.4 Å². The topological polar surface area (TPSA) is 66.5 Å². The molecule has 11 heteroatoms. The molecule has 0 radical (unpaired) electrons. The zero-order valence-corrected chi connectivity index (χ0v) is 17.7. The van der Waals surface area contributed by atoms with Crippen LogP contribution in [0.3, 0.4) is 0 Å². The van der Waals surface area contributed by atoms with Crippen LogP contribution in [0.1, 0.15) is 29.8 Å². The van der Waals surface area contributed by atoms with Gasteiger partial charge in [0.1, 0.15) is 4.90 Å². The summed E-state index contributed by atoms with van der Waals surface area (Å²) >= 11 is 11.6. The maximum Gasteiger partial charge on any atom is 0.418 e. The van der Waals surface area contributed by atoms with Gasteiger partial charge in [-0.1, -0.05) is 37.0 Å². The Labute approximate surface area is 176 Å². The Bertz CT molecular complexity index is 1020. The quantitative estimate of drug-likeness (QED) is 0.625. The van der Waals surface area contributed by atoms with E-state index in [1.165, 1.54) is 18.2 Å². The number of carbonyl (C=O) groups excluding carboxylic acids is 1. The molecular formula is C18H17Cl2F3N2O3S. The Morgan fingerprint density at radius 2 is 1.69 bits per heavy atom. The van der Waals surface area contributed by atoms with E-state index in [-0.39, 0.29) is 33.6 Å². The third kappa shape index (κ3) is 5.22. The van der Waals surface area contributed by atoms with Gasteiger partial charge < -0.3 is 5.32 Å². The molecule has 0 unspecified atom stereocenters. The van der Waals surface area contributed by atoms with E-state index >= 15 is 0 Å². The largest absolute Gasteiger partial charge is 0.418 e. The lowest BCUT2D eigenvalue weighted by Crippen LogP contribution is -2.31. The molecular weight excluding hydrogens is 452 g/mol. The summed E-state index contributed by atoms with van der Waals surface area (Å²) in [7, 11) is -3.97.